The summed E-state index contributed by atoms with van der Waals surface area (Å²) in [4.78, 5) is 23.4. The second kappa shape index (κ2) is 9.49. The van der Waals surface area contributed by atoms with Gasteiger partial charge in [0.25, 0.3) is 0 Å². The molecule has 1 heterocycles. The molecule has 6 N–H and O–H groups in total. The monoisotopic (exact) mass is 444 g/mol. The number of aromatic nitrogens is 3. The number of fused-ring (bicyclic) bond motifs is 1. The molecule has 4 aromatic rings. The summed E-state index contributed by atoms with van der Waals surface area (Å²) in [6, 6.07) is 20.3. The van der Waals surface area contributed by atoms with E-state index in [0.717, 1.165) is 16.5 Å². The maximum Gasteiger partial charge on any atom is 0.328 e. The lowest BCUT2D eigenvalue weighted by Crippen LogP contribution is -2.32. The Bertz CT molecular complexity index is 1280. The predicted molar refractivity (Wildman–Crippen MR) is 126 cm³/mol. The first-order valence-electron chi connectivity index (χ1n) is 10.4. The summed E-state index contributed by atoms with van der Waals surface area (Å²) in [7, 11) is 0. The Labute approximate surface area is 190 Å². The van der Waals surface area contributed by atoms with E-state index >= 15 is 0 Å². The maximum absolute atomic E-state index is 10.9. The van der Waals surface area contributed by atoms with Crippen molar-refractivity contribution >= 4 is 28.6 Å². The zero-order valence-corrected chi connectivity index (χ0v) is 18.0. The van der Waals surface area contributed by atoms with Gasteiger partial charge < -0.3 is 26.6 Å². The Balaban J connectivity index is 1.46. The SMILES string of the molecule is C[C@H](Nc1nc(N)nc(Oc2ccc(C[C@H](N)C(=O)O)cc2)n1)c1ccc2ccccc2c1. The van der Waals surface area contributed by atoms with Gasteiger partial charge in [0.15, 0.2) is 0 Å². The molecule has 1 aromatic heterocycles. The molecule has 0 amide bonds. The number of benzene rings is 3. The van der Waals surface area contributed by atoms with Crippen molar-refractivity contribution in [3.63, 3.8) is 0 Å². The van der Waals surface area contributed by atoms with E-state index in [1.54, 1.807) is 24.3 Å². The van der Waals surface area contributed by atoms with Crippen molar-refractivity contribution in [2.45, 2.75) is 25.4 Å². The Morgan fingerprint density at radius 1 is 1.03 bits per heavy atom. The number of aliphatic carboxylic acids is 1. The quantitative estimate of drug-likeness (QED) is 0.320. The molecule has 0 aliphatic heterocycles. The summed E-state index contributed by atoms with van der Waals surface area (Å²) in [5, 5.41) is 14.5. The number of carboxylic acids is 1. The summed E-state index contributed by atoms with van der Waals surface area (Å²) < 4.78 is 5.72. The Kier molecular flexibility index (Phi) is 6.32. The van der Waals surface area contributed by atoms with Gasteiger partial charge in [-0.2, -0.15) is 15.0 Å². The molecule has 0 unspecified atom stereocenters. The summed E-state index contributed by atoms with van der Waals surface area (Å²) in [5.74, 6) is -0.254. The van der Waals surface area contributed by atoms with Crippen LogP contribution in [-0.4, -0.2) is 32.1 Å². The fourth-order valence-corrected chi connectivity index (χ4v) is 3.38. The second-order valence-electron chi connectivity index (χ2n) is 7.67. The number of hydrogen-bond acceptors (Lipinski definition) is 8. The molecule has 0 aliphatic rings. The molecule has 0 fully saturated rings. The van der Waals surface area contributed by atoms with Gasteiger partial charge in [-0.25, -0.2) is 0 Å². The third-order valence-corrected chi connectivity index (χ3v) is 5.16. The van der Waals surface area contributed by atoms with Gasteiger partial charge in [0.2, 0.25) is 11.9 Å². The molecule has 0 spiro atoms. The minimum absolute atomic E-state index is 0.0252. The lowest BCUT2D eigenvalue weighted by Gasteiger charge is -2.15. The Morgan fingerprint density at radius 2 is 1.76 bits per heavy atom. The molecular weight excluding hydrogens is 420 g/mol. The largest absolute Gasteiger partial charge is 0.480 e. The van der Waals surface area contributed by atoms with Crippen LogP contribution in [0.1, 0.15) is 24.1 Å². The van der Waals surface area contributed by atoms with Crippen LogP contribution in [0.2, 0.25) is 0 Å². The zero-order chi connectivity index (χ0) is 23.4. The standard InChI is InChI=1S/C24H24N6O3/c1-14(17-9-8-16-4-2-3-5-18(16)13-17)27-23-28-22(26)29-24(30-23)33-19-10-6-15(7-11-19)12-20(25)21(31)32/h2-11,13-14,20H,12,25H2,1H3,(H,31,32)(H3,26,27,28,29,30)/t14-,20-/m0/s1. The number of nitrogens with one attached hydrogen (secondary N) is 1. The predicted octanol–water partition coefficient (Wildman–Crippen LogP) is 3.53. The van der Waals surface area contributed by atoms with Crippen LogP contribution in [0.5, 0.6) is 11.8 Å². The number of rotatable bonds is 8. The van der Waals surface area contributed by atoms with E-state index in [1.165, 1.54) is 5.39 Å². The summed E-state index contributed by atoms with van der Waals surface area (Å²) >= 11 is 0. The Morgan fingerprint density at radius 3 is 2.48 bits per heavy atom. The number of carbonyl (C=O) groups is 1. The van der Waals surface area contributed by atoms with Crippen LogP contribution in [0.4, 0.5) is 11.9 Å². The zero-order valence-electron chi connectivity index (χ0n) is 18.0. The highest BCUT2D eigenvalue weighted by Gasteiger charge is 2.14. The fraction of sp³-hybridized carbons (Fsp3) is 0.167. The van der Waals surface area contributed by atoms with E-state index < -0.39 is 12.0 Å². The summed E-state index contributed by atoms with van der Waals surface area (Å²) in [6.45, 7) is 2.01. The molecular formula is C24H24N6O3. The number of hydrogen-bond donors (Lipinski definition) is 4. The van der Waals surface area contributed by atoms with Gasteiger partial charge in [-0.1, -0.05) is 48.5 Å². The van der Waals surface area contributed by atoms with Crippen molar-refractivity contribution in [1.82, 2.24) is 15.0 Å². The number of nitrogens with zero attached hydrogens (tertiary/aromatic N) is 3. The van der Waals surface area contributed by atoms with Gasteiger partial charge in [0.05, 0.1) is 6.04 Å². The molecule has 168 valence electrons. The van der Waals surface area contributed by atoms with Gasteiger partial charge in [-0.3, -0.25) is 4.79 Å². The number of nitrogen functional groups attached to an aromatic ring is 1. The molecule has 0 aliphatic carbocycles. The van der Waals surface area contributed by atoms with Crippen LogP contribution in [0.25, 0.3) is 10.8 Å². The third-order valence-electron chi connectivity index (χ3n) is 5.16. The van der Waals surface area contributed by atoms with Crippen LogP contribution in [-0.2, 0) is 11.2 Å². The summed E-state index contributed by atoms with van der Waals surface area (Å²) in [6.07, 6.45) is 0.217. The molecule has 0 radical (unpaired) electrons. The summed E-state index contributed by atoms with van der Waals surface area (Å²) in [5.41, 5.74) is 13.3. The highest BCUT2D eigenvalue weighted by molar-refractivity contribution is 5.83. The van der Waals surface area contributed by atoms with E-state index in [4.69, 9.17) is 21.3 Å². The first kappa shape index (κ1) is 22.0. The van der Waals surface area contributed by atoms with Gasteiger partial charge in [-0.15, -0.1) is 0 Å². The highest BCUT2D eigenvalue weighted by atomic mass is 16.5. The number of nitrogens with two attached hydrogens (primary N) is 2. The van der Waals surface area contributed by atoms with Crippen molar-refractivity contribution in [3.05, 3.63) is 77.9 Å². The van der Waals surface area contributed by atoms with Crippen LogP contribution in [0.15, 0.2) is 66.7 Å². The third kappa shape index (κ3) is 5.52. The van der Waals surface area contributed by atoms with Crippen molar-refractivity contribution in [2.75, 3.05) is 11.1 Å². The van der Waals surface area contributed by atoms with Crippen LogP contribution in [0.3, 0.4) is 0 Å². The van der Waals surface area contributed by atoms with Gasteiger partial charge >= 0.3 is 12.0 Å². The van der Waals surface area contributed by atoms with Crippen LogP contribution < -0.4 is 21.5 Å². The topological polar surface area (TPSA) is 149 Å². The molecule has 9 heteroatoms. The minimum atomic E-state index is -1.05. The van der Waals surface area contributed by atoms with Gasteiger partial charge in [0.1, 0.15) is 11.8 Å². The van der Waals surface area contributed by atoms with Crippen molar-refractivity contribution in [3.8, 4) is 11.8 Å². The second-order valence-corrected chi connectivity index (χ2v) is 7.67. The van der Waals surface area contributed by atoms with Gasteiger partial charge in [-0.05, 0) is 53.4 Å². The van der Waals surface area contributed by atoms with Crippen molar-refractivity contribution in [1.29, 1.82) is 0 Å². The fourth-order valence-electron chi connectivity index (χ4n) is 3.38. The average molecular weight is 444 g/mol. The van der Waals surface area contributed by atoms with Gasteiger partial charge in [0, 0.05) is 0 Å². The maximum atomic E-state index is 10.9. The number of ether oxygens (including phenoxy) is 1. The molecule has 3 aromatic carbocycles. The first-order valence-corrected chi connectivity index (χ1v) is 10.4. The molecule has 2 atom stereocenters. The number of anilines is 2. The minimum Gasteiger partial charge on any atom is -0.480 e. The lowest BCUT2D eigenvalue weighted by molar-refractivity contribution is -0.138. The molecule has 4 rings (SSSR count). The molecule has 0 saturated carbocycles. The van der Waals surface area contributed by atoms with Crippen LogP contribution >= 0.6 is 0 Å². The van der Waals surface area contributed by atoms with E-state index in [2.05, 4.69) is 50.6 Å². The van der Waals surface area contributed by atoms with Crippen molar-refractivity contribution < 1.29 is 14.6 Å². The van der Waals surface area contributed by atoms with Crippen LogP contribution in [0, 0.1) is 0 Å². The smallest absolute Gasteiger partial charge is 0.328 e. The highest BCUT2D eigenvalue weighted by Crippen LogP contribution is 2.24. The first-order chi connectivity index (χ1) is 15.9. The molecule has 33 heavy (non-hydrogen) atoms. The van der Waals surface area contributed by atoms with Crippen molar-refractivity contribution in [2.24, 2.45) is 5.73 Å². The molecule has 9 nitrogen and oxygen atoms in total. The molecule has 0 saturated heterocycles. The van der Waals surface area contributed by atoms with E-state index in [0.29, 0.717) is 11.7 Å². The molecule has 0 bridgehead atoms. The lowest BCUT2D eigenvalue weighted by atomic mass is 10.0. The normalized spacial score (nSPS) is 12.8. The number of carboxylic acid groups (broad SMARTS) is 1. The average Bonchev–Trinajstić information content (AvgIpc) is 2.79. The van der Waals surface area contributed by atoms with E-state index in [-0.39, 0.29) is 24.4 Å². The van der Waals surface area contributed by atoms with E-state index in [1.807, 2.05) is 19.1 Å². The Hall–Kier alpha value is -4.24. The van der Waals surface area contributed by atoms with E-state index in [9.17, 15) is 4.79 Å².